The normalized spacial score (nSPS) is 27.3. The third-order valence-electron chi connectivity index (χ3n) is 2.61. The highest BCUT2D eigenvalue weighted by atomic mass is 16.5. The maximum Gasteiger partial charge on any atom is 0.249 e. The number of nitrogens with one attached hydrogen (secondary N) is 1. The molecule has 3 N–H and O–H groups in total. The number of carbonyl (C=O) groups excluding carboxylic acids is 1. The molecule has 0 heterocycles. The minimum absolute atomic E-state index is 0.0876. The van der Waals surface area contributed by atoms with Gasteiger partial charge in [0.1, 0.15) is 6.10 Å². The molecule has 3 atom stereocenters. The van der Waals surface area contributed by atoms with E-state index in [-0.39, 0.29) is 18.1 Å². The van der Waals surface area contributed by atoms with Crippen LogP contribution in [0.3, 0.4) is 0 Å². The van der Waals surface area contributed by atoms with Gasteiger partial charge in [0, 0.05) is 12.6 Å². The van der Waals surface area contributed by atoms with Gasteiger partial charge in [-0.15, -0.1) is 6.58 Å². The summed E-state index contributed by atoms with van der Waals surface area (Å²) in [6, 6.07) is 0.235. The molecule has 4 heteroatoms. The fourth-order valence-electron chi connectivity index (χ4n) is 1.76. The molecular weight excluding hydrogens is 192 g/mol. The zero-order valence-corrected chi connectivity index (χ0v) is 9.24. The number of hydrogen-bond acceptors (Lipinski definition) is 3. The summed E-state index contributed by atoms with van der Waals surface area (Å²) in [5.41, 5.74) is 5.76. The maximum absolute atomic E-state index is 11.5. The van der Waals surface area contributed by atoms with Crippen LogP contribution >= 0.6 is 0 Å². The van der Waals surface area contributed by atoms with Crippen molar-refractivity contribution < 1.29 is 9.53 Å². The topological polar surface area (TPSA) is 64.3 Å². The largest absolute Gasteiger partial charge is 0.365 e. The van der Waals surface area contributed by atoms with Crippen molar-refractivity contribution in [3.63, 3.8) is 0 Å². The lowest BCUT2D eigenvalue weighted by molar-refractivity contribution is -0.134. The third-order valence-corrected chi connectivity index (χ3v) is 2.61. The summed E-state index contributed by atoms with van der Waals surface area (Å²) in [6.07, 6.45) is 4.20. The molecule has 1 rings (SSSR count). The summed E-state index contributed by atoms with van der Waals surface area (Å²) in [4.78, 5) is 11.5. The van der Waals surface area contributed by atoms with Crippen LogP contribution < -0.4 is 11.1 Å². The van der Waals surface area contributed by atoms with Gasteiger partial charge in [0.05, 0.1) is 6.10 Å². The number of nitrogens with two attached hydrogens (primary N) is 1. The predicted molar refractivity (Wildman–Crippen MR) is 59.4 cm³/mol. The second-order valence-electron chi connectivity index (χ2n) is 4.01. The summed E-state index contributed by atoms with van der Waals surface area (Å²) in [7, 11) is 0. The molecule has 0 aromatic carbocycles. The summed E-state index contributed by atoms with van der Waals surface area (Å²) >= 11 is 0. The fraction of sp³-hybridized carbons (Fsp3) is 0.727. The number of amides is 1. The highest BCUT2D eigenvalue weighted by molar-refractivity contribution is 5.80. The Morgan fingerprint density at radius 2 is 2.47 bits per heavy atom. The summed E-state index contributed by atoms with van der Waals surface area (Å²) in [5.74, 6) is -0.0876. The van der Waals surface area contributed by atoms with E-state index in [2.05, 4.69) is 11.9 Å². The molecular formula is C11H20N2O2. The summed E-state index contributed by atoms with van der Waals surface area (Å²) in [5, 5.41) is 2.70. The van der Waals surface area contributed by atoms with Gasteiger partial charge in [-0.1, -0.05) is 6.08 Å². The fourth-order valence-corrected chi connectivity index (χ4v) is 1.76. The van der Waals surface area contributed by atoms with E-state index in [9.17, 15) is 4.79 Å². The Labute approximate surface area is 90.9 Å². The molecule has 1 saturated carbocycles. The second kappa shape index (κ2) is 5.88. The van der Waals surface area contributed by atoms with Crippen LogP contribution in [0.25, 0.3) is 0 Å². The molecule has 0 aliphatic heterocycles. The smallest absolute Gasteiger partial charge is 0.249 e. The molecule has 4 nitrogen and oxygen atoms in total. The van der Waals surface area contributed by atoms with Crippen LogP contribution in [0, 0.1) is 0 Å². The van der Waals surface area contributed by atoms with E-state index in [1.807, 2.05) is 0 Å². The monoisotopic (exact) mass is 212 g/mol. The Hall–Kier alpha value is -0.870. The lowest BCUT2D eigenvalue weighted by Crippen LogP contribution is -2.36. The van der Waals surface area contributed by atoms with Gasteiger partial charge in [0.25, 0.3) is 0 Å². The van der Waals surface area contributed by atoms with Gasteiger partial charge in [0.15, 0.2) is 0 Å². The van der Waals surface area contributed by atoms with Crippen molar-refractivity contribution in [1.29, 1.82) is 0 Å². The SMILES string of the molecule is C=CCNC(=O)C(C)OC1CCC(N)C1. The van der Waals surface area contributed by atoms with Crippen LogP contribution in [0.1, 0.15) is 26.2 Å². The first-order chi connectivity index (χ1) is 7.13. The van der Waals surface area contributed by atoms with Gasteiger partial charge in [-0.3, -0.25) is 4.79 Å². The molecule has 3 unspecified atom stereocenters. The van der Waals surface area contributed by atoms with E-state index < -0.39 is 6.10 Å². The van der Waals surface area contributed by atoms with Crippen molar-refractivity contribution in [2.75, 3.05) is 6.54 Å². The van der Waals surface area contributed by atoms with E-state index >= 15 is 0 Å². The van der Waals surface area contributed by atoms with E-state index in [1.54, 1.807) is 13.0 Å². The van der Waals surface area contributed by atoms with Crippen LogP contribution in [0.2, 0.25) is 0 Å². The van der Waals surface area contributed by atoms with Gasteiger partial charge >= 0.3 is 0 Å². The van der Waals surface area contributed by atoms with Crippen molar-refractivity contribution in [3.05, 3.63) is 12.7 Å². The lowest BCUT2D eigenvalue weighted by atomic mass is 10.2. The Morgan fingerprint density at radius 3 is 3.00 bits per heavy atom. The molecule has 0 aromatic rings. The number of ether oxygens (including phenoxy) is 1. The standard InChI is InChI=1S/C11H20N2O2/c1-3-6-13-11(14)8(2)15-10-5-4-9(12)7-10/h3,8-10H,1,4-7,12H2,2H3,(H,13,14). The van der Waals surface area contributed by atoms with Crippen molar-refractivity contribution in [3.8, 4) is 0 Å². The van der Waals surface area contributed by atoms with Crippen molar-refractivity contribution in [2.45, 2.75) is 44.4 Å². The highest BCUT2D eigenvalue weighted by Gasteiger charge is 2.25. The Bertz CT molecular complexity index is 231. The molecule has 0 aromatic heterocycles. The minimum Gasteiger partial charge on any atom is -0.365 e. The first-order valence-corrected chi connectivity index (χ1v) is 5.43. The average molecular weight is 212 g/mol. The van der Waals surface area contributed by atoms with Crippen molar-refractivity contribution >= 4 is 5.91 Å². The molecule has 0 bridgehead atoms. The Kier molecular flexibility index (Phi) is 4.78. The Balaban J connectivity index is 2.25. The molecule has 0 spiro atoms. The van der Waals surface area contributed by atoms with Gasteiger partial charge in [-0.25, -0.2) is 0 Å². The molecule has 1 fully saturated rings. The summed E-state index contributed by atoms with van der Waals surface area (Å²) < 4.78 is 5.61. The second-order valence-corrected chi connectivity index (χ2v) is 4.01. The summed E-state index contributed by atoms with van der Waals surface area (Å²) in [6.45, 7) is 5.78. The van der Waals surface area contributed by atoms with Crippen LogP contribution in [0.15, 0.2) is 12.7 Å². The first-order valence-electron chi connectivity index (χ1n) is 5.43. The van der Waals surface area contributed by atoms with Gasteiger partial charge in [-0.2, -0.15) is 0 Å². The molecule has 1 aliphatic rings. The molecule has 86 valence electrons. The average Bonchev–Trinajstić information content (AvgIpc) is 2.60. The van der Waals surface area contributed by atoms with Crippen LogP contribution in [0.5, 0.6) is 0 Å². The quantitative estimate of drug-likeness (QED) is 0.655. The molecule has 1 aliphatic carbocycles. The van der Waals surface area contributed by atoms with E-state index in [0.29, 0.717) is 6.54 Å². The van der Waals surface area contributed by atoms with Gasteiger partial charge in [-0.05, 0) is 26.2 Å². The highest BCUT2D eigenvalue weighted by Crippen LogP contribution is 2.21. The van der Waals surface area contributed by atoms with E-state index in [1.165, 1.54) is 0 Å². The first kappa shape index (κ1) is 12.2. The minimum atomic E-state index is -0.403. The van der Waals surface area contributed by atoms with Gasteiger partial charge in [0.2, 0.25) is 5.91 Å². The molecule has 15 heavy (non-hydrogen) atoms. The van der Waals surface area contributed by atoms with Crippen molar-refractivity contribution in [2.24, 2.45) is 5.73 Å². The van der Waals surface area contributed by atoms with E-state index in [4.69, 9.17) is 10.5 Å². The van der Waals surface area contributed by atoms with Crippen LogP contribution in [-0.2, 0) is 9.53 Å². The molecule has 0 saturated heterocycles. The number of rotatable bonds is 5. The van der Waals surface area contributed by atoms with E-state index in [0.717, 1.165) is 19.3 Å². The zero-order chi connectivity index (χ0) is 11.3. The Morgan fingerprint density at radius 1 is 1.73 bits per heavy atom. The predicted octanol–water partition coefficient (Wildman–Crippen LogP) is 0.573. The van der Waals surface area contributed by atoms with Crippen LogP contribution in [-0.4, -0.2) is 30.7 Å². The van der Waals surface area contributed by atoms with Gasteiger partial charge < -0.3 is 15.8 Å². The zero-order valence-electron chi connectivity index (χ0n) is 9.24. The maximum atomic E-state index is 11.5. The molecule has 0 radical (unpaired) electrons. The van der Waals surface area contributed by atoms with Crippen LogP contribution in [0.4, 0.5) is 0 Å². The number of hydrogen-bond donors (Lipinski definition) is 2. The number of carbonyl (C=O) groups is 1. The lowest BCUT2D eigenvalue weighted by Gasteiger charge is -2.17. The third kappa shape index (κ3) is 4.01. The van der Waals surface area contributed by atoms with Crippen molar-refractivity contribution in [1.82, 2.24) is 5.32 Å². The molecule has 1 amide bonds.